The molecule has 0 aromatic heterocycles. The zero-order valence-electron chi connectivity index (χ0n) is 10.1. The Bertz CT molecular complexity index is 341. The smallest absolute Gasteiger partial charge is 0.335 e. The van der Waals surface area contributed by atoms with E-state index in [2.05, 4.69) is 6.58 Å². The van der Waals surface area contributed by atoms with Gasteiger partial charge in [0.1, 0.15) is 18.3 Å². The molecule has 1 rings (SSSR count). The lowest BCUT2D eigenvalue weighted by atomic mass is 10.00. The van der Waals surface area contributed by atoms with Crippen molar-refractivity contribution in [2.45, 2.75) is 31.7 Å². The van der Waals surface area contributed by atoms with Crippen LogP contribution < -0.4 is 0 Å². The number of hydrogen-bond donors (Lipinski definition) is 1. The van der Waals surface area contributed by atoms with Crippen LogP contribution in [0.4, 0.5) is 0 Å². The maximum absolute atomic E-state index is 11.3. The van der Waals surface area contributed by atoms with Gasteiger partial charge in [0.15, 0.2) is 0 Å². The van der Waals surface area contributed by atoms with Gasteiger partial charge in [0.2, 0.25) is 0 Å². The maximum atomic E-state index is 11.3. The van der Waals surface area contributed by atoms with Gasteiger partial charge < -0.3 is 14.6 Å². The fourth-order valence-corrected chi connectivity index (χ4v) is 1.53. The molecule has 1 aliphatic rings. The van der Waals surface area contributed by atoms with E-state index in [0.717, 1.165) is 12.0 Å². The van der Waals surface area contributed by atoms with Crippen LogP contribution in [0.25, 0.3) is 0 Å². The summed E-state index contributed by atoms with van der Waals surface area (Å²) in [7, 11) is 1.55. The highest BCUT2D eigenvalue weighted by Crippen LogP contribution is 2.19. The summed E-state index contributed by atoms with van der Waals surface area (Å²) in [6.07, 6.45) is 6.12. The average molecular weight is 238 g/mol. The van der Waals surface area contributed by atoms with Crippen LogP contribution >= 0.6 is 0 Å². The van der Waals surface area contributed by atoms with Crippen molar-refractivity contribution in [1.29, 1.82) is 0 Å². The summed E-state index contributed by atoms with van der Waals surface area (Å²) >= 11 is 0. The van der Waals surface area contributed by atoms with Crippen molar-refractivity contribution in [3.05, 3.63) is 36.5 Å². The molecule has 0 fully saturated rings. The van der Waals surface area contributed by atoms with Crippen molar-refractivity contribution in [2.75, 3.05) is 7.11 Å². The number of carbonyl (C=O) groups is 1. The zero-order valence-corrected chi connectivity index (χ0v) is 10.1. The Morgan fingerprint density at radius 2 is 2.35 bits per heavy atom. The number of rotatable bonds is 5. The van der Waals surface area contributed by atoms with Crippen LogP contribution in [0.2, 0.25) is 0 Å². The van der Waals surface area contributed by atoms with Gasteiger partial charge in [0, 0.05) is 7.11 Å². The first-order valence-corrected chi connectivity index (χ1v) is 5.49. The van der Waals surface area contributed by atoms with Gasteiger partial charge in [0.05, 0.1) is 0 Å². The molecule has 0 aromatic carbocycles. The fourth-order valence-electron chi connectivity index (χ4n) is 1.53. The molecule has 1 aliphatic carbocycles. The number of ether oxygens (including phenoxy) is 2. The largest absolute Gasteiger partial charge is 0.453 e. The van der Waals surface area contributed by atoms with E-state index in [1.165, 1.54) is 6.92 Å². The summed E-state index contributed by atoms with van der Waals surface area (Å²) in [5.74, 6) is -0.651. The molecule has 4 nitrogen and oxygen atoms in total. The first-order chi connectivity index (χ1) is 8.08. The monoisotopic (exact) mass is 238 g/mol. The van der Waals surface area contributed by atoms with Crippen LogP contribution in [-0.4, -0.2) is 36.5 Å². The molecule has 0 spiro atoms. The summed E-state index contributed by atoms with van der Waals surface area (Å²) in [5, 5.41) is 9.08. The summed E-state index contributed by atoms with van der Waals surface area (Å²) in [6.45, 7) is 5.03. The molecule has 0 aliphatic heterocycles. The van der Waals surface area contributed by atoms with Gasteiger partial charge in [-0.25, -0.2) is 4.79 Å². The minimum atomic E-state index is -1.13. The van der Waals surface area contributed by atoms with Crippen molar-refractivity contribution < 1.29 is 19.4 Å². The first kappa shape index (κ1) is 13.7. The second-order valence-electron chi connectivity index (χ2n) is 3.87. The Balaban J connectivity index is 2.67. The van der Waals surface area contributed by atoms with E-state index >= 15 is 0 Å². The van der Waals surface area contributed by atoms with Crippen LogP contribution in [0, 0.1) is 0 Å². The summed E-state index contributed by atoms with van der Waals surface area (Å²) in [6, 6.07) is 0. The number of esters is 1. The lowest BCUT2D eigenvalue weighted by Crippen LogP contribution is -2.34. The Hall–Kier alpha value is -1.39. The molecule has 0 saturated heterocycles. The summed E-state index contributed by atoms with van der Waals surface area (Å²) in [4.78, 5) is 11.3. The van der Waals surface area contributed by atoms with Crippen LogP contribution in [0.1, 0.15) is 13.3 Å². The molecule has 3 unspecified atom stereocenters. The van der Waals surface area contributed by atoms with E-state index in [4.69, 9.17) is 14.6 Å². The molecule has 17 heavy (non-hydrogen) atoms. The van der Waals surface area contributed by atoms with Gasteiger partial charge >= 0.3 is 5.97 Å². The Labute approximate surface area is 101 Å². The van der Waals surface area contributed by atoms with Crippen molar-refractivity contribution in [3.8, 4) is 0 Å². The lowest BCUT2D eigenvalue weighted by Gasteiger charge is -2.25. The second kappa shape index (κ2) is 6.37. The molecule has 94 valence electrons. The number of methoxy groups -OCH3 is 1. The maximum Gasteiger partial charge on any atom is 0.335 e. The Morgan fingerprint density at radius 3 is 2.88 bits per heavy atom. The van der Waals surface area contributed by atoms with E-state index in [1.807, 2.05) is 12.2 Å². The third-order valence-corrected chi connectivity index (χ3v) is 2.45. The highest BCUT2D eigenvalue weighted by atomic mass is 16.6. The molecule has 0 radical (unpaired) electrons. The minimum Gasteiger partial charge on any atom is -0.453 e. The topological polar surface area (TPSA) is 55.8 Å². The third kappa shape index (κ3) is 3.84. The van der Waals surface area contributed by atoms with E-state index in [0.29, 0.717) is 0 Å². The van der Waals surface area contributed by atoms with E-state index in [1.54, 1.807) is 19.3 Å². The van der Waals surface area contributed by atoms with Gasteiger partial charge in [-0.05, 0) is 31.1 Å². The number of carbonyl (C=O) groups excluding carboxylic acids is 1. The quantitative estimate of drug-likeness (QED) is 0.580. The van der Waals surface area contributed by atoms with E-state index in [-0.39, 0.29) is 6.10 Å². The predicted octanol–water partition coefficient (Wildman–Crippen LogP) is 1.37. The molecule has 3 atom stereocenters. The SMILES string of the molecule is C=CCC1=CC(OC)C(OC(=O)C(C)O)C=C1. The summed E-state index contributed by atoms with van der Waals surface area (Å²) in [5.41, 5.74) is 1.07. The van der Waals surface area contributed by atoms with Crippen molar-refractivity contribution in [2.24, 2.45) is 0 Å². The summed E-state index contributed by atoms with van der Waals surface area (Å²) < 4.78 is 10.4. The van der Waals surface area contributed by atoms with E-state index < -0.39 is 18.2 Å². The third-order valence-electron chi connectivity index (χ3n) is 2.45. The molecular weight excluding hydrogens is 220 g/mol. The number of allylic oxidation sites excluding steroid dienone is 3. The van der Waals surface area contributed by atoms with Crippen LogP contribution in [0.3, 0.4) is 0 Å². The lowest BCUT2D eigenvalue weighted by molar-refractivity contribution is -0.160. The highest BCUT2D eigenvalue weighted by Gasteiger charge is 2.25. The molecule has 4 heteroatoms. The second-order valence-corrected chi connectivity index (χ2v) is 3.87. The molecule has 0 amide bonds. The molecule has 0 saturated carbocycles. The van der Waals surface area contributed by atoms with Gasteiger partial charge in [-0.2, -0.15) is 0 Å². The van der Waals surface area contributed by atoms with Crippen molar-refractivity contribution in [3.63, 3.8) is 0 Å². The van der Waals surface area contributed by atoms with Gasteiger partial charge in [-0.1, -0.05) is 12.2 Å². The molecule has 0 aromatic rings. The number of aliphatic hydroxyl groups excluding tert-OH is 1. The minimum absolute atomic E-state index is 0.322. The molecule has 0 bridgehead atoms. The van der Waals surface area contributed by atoms with Gasteiger partial charge in [-0.15, -0.1) is 6.58 Å². The fraction of sp³-hybridized carbons (Fsp3) is 0.462. The molecule has 1 N–H and O–H groups in total. The molecule has 0 heterocycles. The predicted molar refractivity (Wildman–Crippen MR) is 64.4 cm³/mol. The zero-order chi connectivity index (χ0) is 12.8. The first-order valence-electron chi connectivity index (χ1n) is 5.49. The Kier molecular flexibility index (Phi) is 5.12. The van der Waals surface area contributed by atoms with Crippen LogP contribution in [0.5, 0.6) is 0 Å². The van der Waals surface area contributed by atoms with Crippen molar-refractivity contribution >= 4 is 5.97 Å². The average Bonchev–Trinajstić information content (AvgIpc) is 2.31. The van der Waals surface area contributed by atoms with Crippen LogP contribution in [-0.2, 0) is 14.3 Å². The van der Waals surface area contributed by atoms with E-state index in [9.17, 15) is 4.79 Å². The standard InChI is InChI=1S/C13H18O4/c1-4-5-10-6-7-11(12(8-10)16-3)17-13(15)9(2)14/h4,6-9,11-12,14H,1,5H2,2-3H3. The molecular formula is C13H18O4. The van der Waals surface area contributed by atoms with Crippen LogP contribution in [0.15, 0.2) is 36.5 Å². The Morgan fingerprint density at radius 1 is 1.65 bits per heavy atom. The van der Waals surface area contributed by atoms with Gasteiger partial charge in [0.25, 0.3) is 0 Å². The number of aliphatic hydroxyl groups is 1. The van der Waals surface area contributed by atoms with Crippen molar-refractivity contribution in [1.82, 2.24) is 0 Å². The van der Waals surface area contributed by atoms with Gasteiger partial charge in [-0.3, -0.25) is 0 Å². The normalized spacial score (nSPS) is 25.0. The highest BCUT2D eigenvalue weighted by molar-refractivity contribution is 5.74. The number of hydrogen-bond acceptors (Lipinski definition) is 4.